The second kappa shape index (κ2) is 4.01. The largest absolute Gasteiger partial charge is 0.315 e. The highest BCUT2D eigenvalue weighted by Crippen LogP contribution is 2.31. The summed E-state index contributed by atoms with van der Waals surface area (Å²) in [5.41, 5.74) is -2.50. The van der Waals surface area contributed by atoms with Gasteiger partial charge in [0.05, 0.1) is 16.4 Å². The summed E-state index contributed by atoms with van der Waals surface area (Å²) < 4.78 is 51.0. The van der Waals surface area contributed by atoms with Crippen molar-refractivity contribution >= 4 is 17.3 Å². The summed E-state index contributed by atoms with van der Waals surface area (Å²) >= 11 is 5.08. The Kier molecular flexibility index (Phi) is 3.13. The molecule has 82 valence electrons. The van der Waals surface area contributed by atoms with Gasteiger partial charge in [-0.05, 0) is 0 Å². The van der Waals surface area contributed by atoms with Gasteiger partial charge in [0.1, 0.15) is 0 Å². The summed E-state index contributed by atoms with van der Waals surface area (Å²) in [4.78, 5) is 8.91. The summed E-state index contributed by atoms with van der Waals surface area (Å²) in [5, 5.41) is 10.3. The van der Waals surface area contributed by atoms with Crippen molar-refractivity contribution in [3.05, 3.63) is 38.9 Å². The zero-order chi connectivity index (χ0) is 11.7. The van der Waals surface area contributed by atoms with Crippen LogP contribution in [0.2, 0.25) is 0 Å². The van der Waals surface area contributed by atoms with Gasteiger partial charge in [-0.15, -0.1) is 11.6 Å². The average molecular weight is 244 g/mol. The Morgan fingerprint density at radius 1 is 1.07 bits per heavy atom. The molecule has 0 amide bonds. The van der Waals surface area contributed by atoms with E-state index >= 15 is 0 Å². The quantitative estimate of drug-likeness (QED) is 0.200. The number of alkyl halides is 1. The third kappa shape index (κ3) is 1.74. The molecule has 3 nitrogen and oxygen atoms in total. The molecule has 0 unspecified atom stereocenters. The molecule has 0 fully saturated rings. The Hall–Kier alpha value is -1.37. The topological polar surface area (TPSA) is 43.1 Å². The van der Waals surface area contributed by atoms with Crippen LogP contribution >= 0.6 is 11.6 Å². The third-order valence-electron chi connectivity index (χ3n) is 1.65. The molecular formula is C7H2ClF4NO2. The van der Waals surface area contributed by atoms with Crippen molar-refractivity contribution in [3.63, 3.8) is 0 Å². The summed E-state index contributed by atoms with van der Waals surface area (Å²) in [7, 11) is 0. The first kappa shape index (κ1) is 11.7. The van der Waals surface area contributed by atoms with Gasteiger partial charge in [-0.3, -0.25) is 10.1 Å². The van der Waals surface area contributed by atoms with Crippen LogP contribution in [0.4, 0.5) is 23.2 Å². The lowest BCUT2D eigenvalue weighted by Crippen LogP contribution is -2.07. The highest BCUT2D eigenvalue weighted by molar-refractivity contribution is 6.17. The molecule has 1 rings (SSSR count). The number of hydrogen-bond acceptors (Lipinski definition) is 2. The maximum absolute atomic E-state index is 12.9. The predicted octanol–water partition coefficient (Wildman–Crippen LogP) is 2.89. The van der Waals surface area contributed by atoms with Gasteiger partial charge in [-0.1, -0.05) is 0 Å². The first-order chi connectivity index (χ1) is 6.91. The fourth-order valence-electron chi connectivity index (χ4n) is 0.978. The molecule has 0 aliphatic carbocycles. The van der Waals surface area contributed by atoms with E-state index in [0.29, 0.717) is 0 Å². The maximum atomic E-state index is 12.9. The van der Waals surface area contributed by atoms with E-state index in [-0.39, 0.29) is 0 Å². The van der Waals surface area contributed by atoms with Crippen LogP contribution in [-0.2, 0) is 5.88 Å². The van der Waals surface area contributed by atoms with Crippen LogP contribution in [0.1, 0.15) is 5.56 Å². The van der Waals surface area contributed by atoms with Crippen LogP contribution in [0, 0.1) is 33.4 Å². The number of rotatable bonds is 2. The molecule has 0 atom stereocenters. The van der Waals surface area contributed by atoms with Crippen molar-refractivity contribution < 1.29 is 22.5 Å². The van der Waals surface area contributed by atoms with E-state index in [1.54, 1.807) is 0 Å². The predicted molar refractivity (Wildman–Crippen MR) is 42.5 cm³/mol. The third-order valence-corrected chi connectivity index (χ3v) is 1.92. The lowest BCUT2D eigenvalue weighted by molar-refractivity contribution is -0.388. The van der Waals surface area contributed by atoms with Crippen molar-refractivity contribution in [1.82, 2.24) is 0 Å². The number of nitro groups is 1. The Labute approximate surface area is 85.4 Å². The summed E-state index contributed by atoms with van der Waals surface area (Å²) in [6.07, 6.45) is 0. The lowest BCUT2D eigenvalue weighted by atomic mass is 10.1. The van der Waals surface area contributed by atoms with Gasteiger partial charge in [0.25, 0.3) is 0 Å². The molecule has 0 spiro atoms. The minimum atomic E-state index is -2.23. The summed E-state index contributed by atoms with van der Waals surface area (Å²) in [5.74, 6) is -9.09. The highest BCUT2D eigenvalue weighted by Gasteiger charge is 2.31. The molecule has 8 heteroatoms. The van der Waals surface area contributed by atoms with Crippen molar-refractivity contribution in [2.75, 3.05) is 0 Å². The Morgan fingerprint density at radius 3 is 1.93 bits per heavy atom. The van der Waals surface area contributed by atoms with Crippen LogP contribution in [0.3, 0.4) is 0 Å². The van der Waals surface area contributed by atoms with Crippen molar-refractivity contribution in [2.24, 2.45) is 0 Å². The minimum absolute atomic E-state index is 0.837. The number of halogens is 5. The van der Waals surface area contributed by atoms with Gasteiger partial charge in [0.15, 0.2) is 11.6 Å². The smallest absolute Gasteiger partial charge is 0.258 e. The molecule has 0 saturated heterocycles. The average Bonchev–Trinajstić information content (AvgIpc) is 2.19. The Bertz CT molecular complexity index is 438. The van der Waals surface area contributed by atoms with Gasteiger partial charge in [-0.2, -0.15) is 4.39 Å². The SMILES string of the molecule is O=[N+]([O-])c1c(F)c(F)c(F)c(F)c1CCl. The van der Waals surface area contributed by atoms with Gasteiger partial charge in [0.2, 0.25) is 11.6 Å². The Morgan fingerprint density at radius 2 is 1.53 bits per heavy atom. The maximum Gasteiger partial charge on any atom is 0.315 e. The second-order valence-electron chi connectivity index (χ2n) is 2.47. The number of benzene rings is 1. The molecule has 0 aliphatic heterocycles. The molecule has 1 aromatic rings. The molecule has 0 saturated carbocycles. The van der Waals surface area contributed by atoms with Gasteiger partial charge < -0.3 is 0 Å². The van der Waals surface area contributed by atoms with E-state index in [4.69, 9.17) is 11.6 Å². The van der Waals surface area contributed by atoms with Crippen molar-refractivity contribution in [1.29, 1.82) is 0 Å². The molecule has 15 heavy (non-hydrogen) atoms. The standard InChI is InChI=1S/C7H2ClF4NO2/c8-1-2-3(9)4(10)5(11)6(12)7(2)13(14)15/h1H2. The first-order valence-corrected chi connectivity index (χ1v) is 4.00. The van der Waals surface area contributed by atoms with Gasteiger partial charge in [0, 0.05) is 0 Å². The van der Waals surface area contributed by atoms with Crippen molar-refractivity contribution in [2.45, 2.75) is 5.88 Å². The van der Waals surface area contributed by atoms with Crippen LogP contribution < -0.4 is 0 Å². The second-order valence-corrected chi connectivity index (χ2v) is 2.74. The number of nitro benzene ring substituents is 1. The molecule has 0 radical (unpaired) electrons. The van der Waals surface area contributed by atoms with E-state index in [2.05, 4.69) is 0 Å². The molecule has 0 N–H and O–H groups in total. The van der Waals surface area contributed by atoms with Crippen LogP contribution in [0.25, 0.3) is 0 Å². The van der Waals surface area contributed by atoms with E-state index in [1.165, 1.54) is 0 Å². The molecule has 1 aromatic carbocycles. The Balaban J connectivity index is 3.70. The van der Waals surface area contributed by atoms with E-state index < -0.39 is 45.3 Å². The highest BCUT2D eigenvalue weighted by atomic mass is 35.5. The van der Waals surface area contributed by atoms with Crippen LogP contribution in [-0.4, -0.2) is 4.92 Å². The monoisotopic (exact) mass is 243 g/mol. The van der Waals surface area contributed by atoms with Crippen LogP contribution in [0.15, 0.2) is 0 Å². The summed E-state index contributed by atoms with van der Waals surface area (Å²) in [6, 6.07) is 0. The van der Waals surface area contributed by atoms with E-state index in [9.17, 15) is 27.7 Å². The van der Waals surface area contributed by atoms with E-state index in [1.807, 2.05) is 0 Å². The van der Waals surface area contributed by atoms with Gasteiger partial charge >= 0.3 is 5.69 Å². The zero-order valence-electron chi connectivity index (χ0n) is 6.86. The fourth-order valence-corrected chi connectivity index (χ4v) is 1.22. The zero-order valence-corrected chi connectivity index (χ0v) is 7.62. The molecule has 0 heterocycles. The number of nitrogens with zero attached hydrogens (tertiary/aromatic N) is 1. The van der Waals surface area contributed by atoms with Crippen molar-refractivity contribution in [3.8, 4) is 0 Å². The molecule has 0 bridgehead atoms. The lowest BCUT2D eigenvalue weighted by Gasteiger charge is -2.04. The fraction of sp³-hybridized carbons (Fsp3) is 0.143. The van der Waals surface area contributed by atoms with Crippen LogP contribution in [0.5, 0.6) is 0 Å². The normalized spacial score (nSPS) is 10.5. The minimum Gasteiger partial charge on any atom is -0.258 e. The number of hydrogen-bond donors (Lipinski definition) is 0. The molecule has 0 aliphatic rings. The van der Waals surface area contributed by atoms with E-state index in [0.717, 1.165) is 0 Å². The van der Waals surface area contributed by atoms with Gasteiger partial charge in [-0.25, -0.2) is 13.2 Å². The molecule has 0 aromatic heterocycles. The summed E-state index contributed by atoms with van der Waals surface area (Å²) in [6.45, 7) is 0. The molecular weight excluding hydrogens is 242 g/mol. The first-order valence-electron chi connectivity index (χ1n) is 3.47.